The topological polar surface area (TPSA) is 142 Å². The first-order valence-corrected chi connectivity index (χ1v) is 5.84. The third kappa shape index (κ3) is 3.60. The molecule has 0 fully saturated rings. The molecule has 0 aliphatic heterocycles. The number of aryl methyl sites for hydroxylation is 1. The summed E-state index contributed by atoms with van der Waals surface area (Å²) in [7, 11) is 0. The predicted molar refractivity (Wildman–Crippen MR) is 70.8 cm³/mol. The second-order valence-corrected chi connectivity index (χ2v) is 3.93. The molecule has 1 heterocycles. The first kappa shape index (κ1) is 14.3. The Balaban J connectivity index is 2.89. The Hall–Kier alpha value is -1.80. The summed E-state index contributed by atoms with van der Waals surface area (Å²) in [5.41, 5.74) is 22.7. The van der Waals surface area contributed by atoms with Gasteiger partial charge in [0, 0.05) is 32.6 Å². The van der Waals surface area contributed by atoms with Crippen molar-refractivity contribution in [2.24, 2.45) is 17.2 Å². The summed E-state index contributed by atoms with van der Waals surface area (Å²) in [5.74, 6) is 0.367. The molecule has 0 saturated heterocycles. The third-order valence-electron chi connectivity index (χ3n) is 2.51. The van der Waals surface area contributed by atoms with Crippen LogP contribution in [-0.4, -0.2) is 41.9 Å². The van der Waals surface area contributed by atoms with E-state index in [1.54, 1.807) is 10.9 Å². The lowest BCUT2D eigenvalue weighted by Crippen LogP contribution is -2.36. The van der Waals surface area contributed by atoms with Crippen molar-refractivity contribution in [1.29, 1.82) is 0 Å². The van der Waals surface area contributed by atoms with Crippen LogP contribution in [0.2, 0.25) is 0 Å². The lowest BCUT2D eigenvalue weighted by Gasteiger charge is -2.24. The van der Waals surface area contributed by atoms with Gasteiger partial charge in [0.2, 0.25) is 5.91 Å². The minimum absolute atomic E-state index is 0.215. The van der Waals surface area contributed by atoms with Crippen molar-refractivity contribution in [3.8, 4) is 0 Å². The fourth-order valence-electron chi connectivity index (χ4n) is 1.75. The number of anilines is 2. The zero-order valence-corrected chi connectivity index (χ0v) is 10.4. The third-order valence-corrected chi connectivity index (χ3v) is 2.51. The molecule has 0 aliphatic rings. The Morgan fingerprint density at radius 2 is 1.94 bits per heavy atom. The van der Waals surface area contributed by atoms with Crippen LogP contribution in [-0.2, 0) is 11.3 Å². The van der Waals surface area contributed by atoms with Crippen LogP contribution in [0.1, 0.15) is 6.42 Å². The second-order valence-electron chi connectivity index (χ2n) is 3.93. The van der Waals surface area contributed by atoms with Gasteiger partial charge in [0.15, 0.2) is 0 Å². The Morgan fingerprint density at radius 3 is 2.44 bits per heavy atom. The number of nitrogen functional groups attached to an aromatic ring is 1. The van der Waals surface area contributed by atoms with Crippen LogP contribution in [0, 0.1) is 0 Å². The average molecular weight is 255 g/mol. The molecule has 0 atom stereocenters. The number of hydrogen-bond donors (Lipinski definition) is 4. The number of amides is 1. The van der Waals surface area contributed by atoms with Crippen LogP contribution >= 0.6 is 0 Å². The van der Waals surface area contributed by atoms with Gasteiger partial charge in [-0.25, -0.2) is 4.68 Å². The molecular formula is C10H21N7O. The molecule has 8 heteroatoms. The largest absolute Gasteiger partial charge is 0.394 e. The van der Waals surface area contributed by atoms with Gasteiger partial charge in [0.05, 0.1) is 18.4 Å². The quantitative estimate of drug-likeness (QED) is 0.426. The van der Waals surface area contributed by atoms with Crippen molar-refractivity contribution in [3.63, 3.8) is 0 Å². The molecule has 0 unspecified atom stereocenters. The van der Waals surface area contributed by atoms with E-state index in [2.05, 4.69) is 5.10 Å². The highest BCUT2D eigenvalue weighted by Crippen LogP contribution is 2.22. The van der Waals surface area contributed by atoms with Gasteiger partial charge >= 0.3 is 0 Å². The summed E-state index contributed by atoms with van der Waals surface area (Å²) >= 11 is 0. The molecular weight excluding hydrogens is 234 g/mol. The molecule has 0 spiro atoms. The zero-order valence-electron chi connectivity index (χ0n) is 10.4. The Morgan fingerprint density at radius 1 is 1.33 bits per heavy atom. The summed E-state index contributed by atoms with van der Waals surface area (Å²) in [6.45, 7) is 2.63. The Labute approximate surface area is 106 Å². The summed E-state index contributed by atoms with van der Waals surface area (Å²) < 4.78 is 1.66. The molecule has 0 aromatic carbocycles. The van der Waals surface area contributed by atoms with E-state index in [4.69, 9.17) is 22.9 Å². The van der Waals surface area contributed by atoms with Gasteiger partial charge in [0.1, 0.15) is 5.82 Å². The van der Waals surface area contributed by atoms with Crippen molar-refractivity contribution in [2.45, 2.75) is 13.0 Å². The first-order chi connectivity index (χ1) is 8.60. The fourth-order valence-corrected chi connectivity index (χ4v) is 1.75. The van der Waals surface area contributed by atoms with E-state index in [-0.39, 0.29) is 12.3 Å². The van der Waals surface area contributed by atoms with Crippen molar-refractivity contribution in [1.82, 2.24) is 9.78 Å². The van der Waals surface area contributed by atoms with Gasteiger partial charge in [-0.1, -0.05) is 0 Å². The molecule has 1 rings (SSSR count). The smallest absolute Gasteiger partial charge is 0.219 e. The van der Waals surface area contributed by atoms with Crippen molar-refractivity contribution in [3.05, 3.63) is 6.20 Å². The van der Waals surface area contributed by atoms with Crippen LogP contribution in [0.3, 0.4) is 0 Å². The maximum Gasteiger partial charge on any atom is 0.219 e. The number of hydrogen-bond acceptors (Lipinski definition) is 6. The lowest BCUT2D eigenvalue weighted by atomic mass is 10.3. The van der Waals surface area contributed by atoms with Gasteiger partial charge in [-0.15, -0.1) is 0 Å². The molecule has 1 aromatic rings. The molecule has 0 aliphatic carbocycles. The number of nitrogens with two attached hydrogens (primary N) is 4. The highest BCUT2D eigenvalue weighted by molar-refractivity contribution is 5.73. The second kappa shape index (κ2) is 6.82. The van der Waals surface area contributed by atoms with Crippen molar-refractivity contribution in [2.75, 3.05) is 36.8 Å². The van der Waals surface area contributed by atoms with E-state index in [9.17, 15) is 4.79 Å². The van der Waals surface area contributed by atoms with Gasteiger partial charge in [-0.2, -0.15) is 5.10 Å². The minimum atomic E-state index is -0.376. The Kier molecular flexibility index (Phi) is 5.40. The zero-order chi connectivity index (χ0) is 13.5. The predicted octanol–water partition coefficient (Wildman–Crippen LogP) is -1.94. The molecule has 1 aromatic heterocycles. The van der Waals surface area contributed by atoms with Crippen molar-refractivity contribution >= 4 is 17.4 Å². The monoisotopic (exact) mass is 255 g/mol. The van der Waals surface area contributed by atoms with E-state index >= 15 is 0 Å². The van der Waals surface area contributed by atoms with Crippen molar-refractivity contribution < 1.29 is 4.79 Å². The van der Waals surface area contributed by atoms with Gasteiger partial charge in [-0.3, -0.25) is 4.79 Å². The number of nitrogens with zero attached hydrogens (tertiary/aromatic N) is 3. The number of carbonyl (C=O) groups is 1. The fraction of sp³-hybridized carbons (Fsp3) is 0.600. The molecule has 0 bridgehead atoms. The standard InChI is InChI=1S/C10H21N7O/c11-2-5-16(6-3-12)10-8(13)7-15-17(10)4-1-9(14)18/h7H,1-6,11-13H2,(H2,14,18). The maximum atomic E-state index is 10.8. The van der Waals surface area contributed by atoms with Crippen LogP contribution in [0.15, 0.2) is 6.20 Å². The summed E-state index contributed by atoms with van der Waals surface area (Å²) in [5, 5.41) is 4.13. The molecule has 0 saturated carbocycles. The normalized spacial score (nSPS) is 10.6. The number of primary amides is 1. The average Bonchev–Trinajstić information content (AvgIpc) is 2.67. The van der Waals surface area contributed by atoms with Crippen LogP contribution in [0.4, 0.5) is 11.5 Å². The molecule has 8 N–H and O–H groups in total. The van der Waals surface area contributed by atoms with Gasteiger partial charge in [0.25, 0.3) is 0 Å². The van der Waals surface area contributed by atoms with E-state index in [1.165, 1.54) is 0 Å². The van der Waals surface area contributed by atoms with Crippen LogP contribution in [0.25, 0.3) is 0 Å². The first-order valence-electron chi connectivity index (χ1n) is 5.84. The molecule has 1 amide bonds. The highest BCUT2D eigenvalue weighted by atomic mass is 16.1. The highest BCUT2D eigenvalue weighted by Gasteiger charge is 2.15. The summed E-state index contributed by atoms with van der Waals surface area (Å²) in [6.07, 6.45) is 1.77. The lowest BCUT2D eigenvalue weighted by molar-refractivity contribution is -0.118. The van der Waals surface area contributed by atoms with E-state index in [0.717, 1.165) is 5.82 Å². The SMILES string of the molecule is NCCN(CCN)c1c(N)cnn1CCC(N)=O. The van der Waals surface area contributed by atoms with Gasteiger partial charge in [-0.05, 0) is 0 Å². The maximum absolute atomic E-state index is 10.8. The molecule has 8 nitrogen and oxygen atoms in total. The van der Waals surface area contributed by atoms with Gasteiger partial charge < -0.3 is 27.8 Å². The number of carbonyl (C=O) groups excluding carboxylic acids is 1. The summed E-state index contributed by atoms with van der Waals surface area (Å²) in [6, 6.07) is 0. The molecule has 102 valence electrons. The number of rotatable bonds is 8. The summed E-state index contributed by atoms with van der Waals surface area (Å²) in [4.78, 5) is 12.8. The van der Waals surface area contributed by atoms with E-state index in [0.29, 0.717) is 38.4 Å². The number of aromatic nitrogens is 2. The Bertz CT molecular complexity index is 384. The molecule has 18 heavy (non-hydrogen) atoms. The molecule has 0 radical (unpaired) electrons. The van der Waals surface area contributed by atoms with E-state index in [1.807, 2.05) is 4.90 Å². The van der Waals surface area contributed by atoms with Crippen LogP contribution in [0.5, 0.6) is 0 Å². The van der Waals surface area contributed by atoms with E-state index < -0.39 is 0 Å². The van der Waals surface area contributed by atoms with Crippen LogP contribution < -0.4 is 27.8 Å². The minimum Gasteiger partial charge on any atom is -0.394 e.